The Hall–Kier alpha value is -8.60. The van der Waals surface area contributed by atoms with E-state index < -0.39 is 0 Å². The fraction of sp³-hybridized carbons (Fsp3) is 0.0323. The molecule has 0 spiro atoms. The molecule has 0 aliphatic heterocycles. The van der Waals surface area contributed by atoms with Gasteiger partial charge in [0.2, 0.25) is 0 Å². The molecule has 0 saturated heterocycles. The second kappa shape index (κ2) is 16.2. The van der Waals surface area contributed by atoms with Gasteiger partial charge in [-0.15, -0.1) is 0 Å². The van der Waals surface area contributed by atoms with Crippen LogP contribution in [0.15, 0.2) is 219 Å². The third-order valence-corrected chi connectivity index (χ3v) is 13.1. The highest BCUT2D eigenvalue weighted by atomic mass is 15.0. The first-order chi connectivity index (χ1) is 32.5. The summed E-state index contributed by atoms with van der Waals surface area (Å²) in [4.78, 5) is 20.6. The van der Waals surface area contributed by atoms with Gasteiger partial charge in [-0.2, -0.15) is 0 Å². The molecular formula is C62H42N4. The van der Waals surface area contributed by atoms with Gasteiger partial charge >= 0.3 is 0 Å². The molecule has 2 aromatic heterocycles. The third-order valence-electron chi connectivity index (χ3n) is 13.1. The van der Waals surface area contributed by atoms with Crippen LogP contribution in [0.5, 0.6) is 0 Å². The zero-order valence-corrected chi connectivity index (χ0v) is 36.6. The first kappa shape index (κ1) is 39.0. The molecule has 0 N–H and O–H groups in total. The van der Waals surface area contributed by atoms with E-state index in [9.17, 15) is 0 Å². The van der Waals surface area contributed by atoms with E-state index in [0.717, 1.165) is 50.1 Å². The number of rotatable bonds is 7. The summed E-state index contributed by atoms with van der Waals surface area (Å²) in [6.07, 6.45) is 3.69. The molecular weight excluding hydrogens is 801 g/mol. The summed E-state index contributed by atoms with van der Waals surface area (Å²) in [6.45, 7) is 4.34. The molecule has 0 aliphatic rings. The number of nitrogens with zero attached hydrogens (tertiary/aromatic N) is 4. The Morgan fingerprint density at radius 1 is 0.303 bits per heavy atom. The summed E-state index contributed by atoms with van der Waals surface area (Å²) in [6, 6.07) is 73.9. The summed E-state index contributed by atoms with van der Waals surface area (Å²) in [5.41, 5.74) is 14.1. The molecule has 0 radical (unpaired) electrons. The number of fused-ring (bicyclic) bond motifs is 4. The van der Waals surface area contributed by atoms with Crippen molar-refractivity contribution in [3.05, 3.63) is 230 Å². The highest BCUT2D eigenvalue weighted by molar-refractivity contribution is 6.16. The number of pyridine rings is 1. The van der Waals surface area contributed by atoms with Crippen LogP contribution in [0.4, 0.5) is 0 Å². The van der Waals surface area contributed by atoms with Gasteiger partial charge in [0.05, 0.1) is 0 Å². The molecule has 12 aromatic rings. The maximum absolute atomic E-state index is 5.47. The van der Waals surface area contributed by atoms with Crippen LogP contribution < -0.4 is 0 Å². The molecule has 66 heavy (non-hydrogen) atoms. The van der Waals surface area contributed by atoms with Crippen molar-refractivity contribution in [1.82, 2.24) is 19.9 Å². The van der Waals surface area contributed by atoms with Crippen molar-refractivity contribution in [2.75, 3.05) is 0 Å². The highest BCUT2D eigenvalue weighted by Gasteiger charge is 2.21. The Bertz CT molecular complexity index is 3590. The molecule has 0 atom stereocenters. The van der Waals surface area contributed by atoms with Crippen LogP contribution in [0.2, 0.25) is 0 Å². The van der Waals surface area contributed by atoms with Gasteiger partial charge in [-0.05, 0) is 149 Å². The van der Waals surface area contributed by atoms with Crippen LogP contribution in [0.25, 0.3) is 122 Å². The number of hydrogen-bond acceptors (Lipinski definition) is 4. The van der Waals surface area contributed by atoms with Gasteiger partial charge in [-0.25, -0.2) is 15.0 Å². The lowest BCUT2D eigenvalue weighted by Gasteiger charge is -2.18. The SMILES string of the molecule is Cc1ccccc1-c1cccc(-c2nc(-c3ccc(-c4cccnc4)cc3)nc(-c3cc(-c4c5ccccc5cc5ccccc45)cc(-c4c5ccccc5cc5ccccc45)c3)n2)c1C. The Labute approximate surface area is 383 Å². The molecule has 4 nitrogen and oxygen atoms in total. The fourth-order valence-corrected chi connectivity index (χ4v) is 9.84. The molecule has 2 heterocycles. The highest BCUT2D eigenvalue weighted by Crippen LogP contribution is 2.44. The molecule has 0 bridgehead atoms. The molecule has 0 saturated carbocycles. The van der Waals surface area contributed by atoms with Crippen LogP contribution in [0.1, 0.15) is 11.1 Å². The third kappa shape index (κ3) is 6.88. The number of hydrogen-bond donors (Lipinski definition) is 0. The van der Waals surface area contributed by atoms with E-state index >= 15 is 0 Å². The van der Waals surface area contributed by atoms with Gasteiger partial charge in [0.25, 0.3) is 0 Å². The minimum Gasteiger partial charge on any atom is -0.264 e. The Morgan fingerprint density at radius 2 is 0.758 bits per heavy atom. The first-order valence-corrected chi connectivity index (χ1v) is 22.4. The lowest BCUT2D eigenvalue weighted by molar-refractivity contribution is 1.07. The van der Waals surface area contributed by atoms with E-state index in [1.54, 1.807) is 6.20 Å². The van der Waals surface area contributed by atoms with Crippen molar-refractivity contribution in [2.45, 2.75) is 13.8 Å². The van der Waals surface area contributed by atoms with Crippen molar-refractivity contribution in [3.63, 3.8) is 0 Å². The first-order valence-electron chi connectivity index (χ1n) is 22.4. The van der Waals surface area contributed by atoms with Crippen LogP contribution in [0, 0.1) is 13.8 Å². The quantitative estimate of drug-likeness (QED) is 0.150. The van der Waals surface area contributed by atoms with Gasteiger partial charge < -0.3 is 0 Å². The second-order valence-corrected chi connectivity index (χ2v) is 17.1. The maximum atomic E-state index is 5.47. The summed E-state index contributed by atoms with van der Waals surface area (Å²) >= 11 is 0. The van der Waals surface area contributed by atoms with Gasteiger partial charge in [-0.1, -0.05) is 170 Å². The average molecular weight is 843 g/mol. The monoisotopic (exact) mass is 842 g/mol. The van der Waals surface area contributed by atoms with Crippen LogP contribution in [-0.4, -0.2) is 19.9 Å². The standard InChI is InChI=1S/C62H42N4/c1-39-15-3-8-21-51(39)52-26-13-27-53(40(52)2)62-65-60(42-30-28-41(29-31-42)47-20-14-32-63-38-47)64-61(66-62)50-36-48(58-54-22-9-4-16-43(54)33-44-17-5-10-23-55(44)58)35-49(37-50)59-56-24-11-6-18-45(56)34-46-19-7-12-25-57(46)59/h3-38H,1-2H3. The average Bonchev–Trinajstić information content (AvgIpc) is 3.37. The van der Waals surface area contributed by atoms with E-state index in [1.807, 2.05) is 12.3 Å². The molecule has 310 valence electrons. The minimum atomic E-state index is 0.601. The predicted octanol–water partition coefficient (Wildman–Crippen LogP) is 16.2. The van der Waals surface area contributed by atoms with E-state index in [2.05, 4.69) is 219 Å². The zero-order valence-electron chi connectivity index (χ0n) is 36.6. The Kier molecular flexibility index (Phi) is 9.57. The zero-order chi connectivity index (χ0) is 44.1. The fourth-order valence-electron chi connectivity index (χ4n) is 9.84. The topological polar surface area (TPSA) is 51.6 Å². The Balaban J connectivity index is 1.15. The molecule has 10 aromatic carbocycles. The smallest absolute Gasteiger partial charge is 0.164 e. The van der Waals surface area contributed by atoms with Gasteiger partial charge in [0, 0.05) is 29.1 Å². The summed E-state index contributed by atoms with van der Waals surface area (Å²) < 4.78 is 0. The second-order valence-electron chi connectivity index (χ2n) is 17.1. The minimum absolute atomic E-state index is 0.601. The summed E-state index contributed by atoms with van der Waals surface area (Å²) in [5, 5.41) is 9.53. The van der Waals surface area contributed by atoms with Crippen LogP contribution in [-0.2, 0) is 0 Å². The number of aromatic nitrogens is 4. The lowest BCUT2D eigenvalue weighted by atomic mass is 9.87. The summed E-state index contributed by atoms with van der Waals surface area (Å²) in [7, 11) is 0. The number of aryl methyl sites for hydroxylation is 1. The van der Waals surface area contributed by atoms with Gasteiger partial charge in [0.1, 0.15) is 0 Å². The molecule has 0 fully saturated rings. The van der Waals surface area contributed by atoms with Crippen LogP contribution >= 0.6 is 0 Å². The predicted molar refractivity (Wildman–Crippen MR) is 275 cm³/mol. The largest absolute Gasteiger partial charge is 0.264 e. The van der Waals surface area contributed by atoms with Gasteiger partial charge in [-0.3, -0.25) is 4.98 Å². The van der Waals surface area contributed by atoms with E-state index in [4.69, 9.17) is 15.0 Å². The van der Waals surface area contributed by atoms with Crippen molar-refractivity contribution in [1.29, 1.82) is 0 Å². The molecule has 0 amide bonds. The molecule has 0 unspecified atom stereocenters. The van der Waals surface area contributed by atoms with Crippen molar-refractivity contribution in [2.24, 2.45) is 0 Å². The van der Waals surface area contributed by atoms with Crippen molar-refractivity contribution < 1.29 is 0 Å². The van der Waals surface area contributed by atoms with E-state index in [-0.39, 0.29) is 0 Å². The van der Waals surface area contributed by atoms with Crippen molar-refractivity contribution in [3.8, 4) is 78.7 Å². The maximum Gasteiger partial charge on any atom is 0.164 e. The summed E-state index contributed by atoms with van der Waals surface area (Å²) in [5.74, 6) is 1.83. The lowest BCUT2D eigenvalue weighted by Crippen LogP contribution is -2.02. The van der Waals surface area contributed by atoms with E-state index in [1.165, 1.54) is 65.3 Å². The Morgan fingerprint density at radius 3 is 1.30 bits per heavy atom. The normalized spacial score (nSPS) is 11.5. The van der Waals surface area contributed by atoms with Crippen LogP contribution in [0.3, 0.4) is 0 Å². The molecule has 0 aliphatic carbocycles. The van der Waals surface area contributed by atoms with Crippen molar-refractivity contribution >= 4 is 43.1 Å². The van der Waals surface area contributed by atoms with Gasteiger partial charge in [0.15, 0.2) is 17.5 Å². The number of benzene rings is 10. The van der Waals surface area contributed by atoms with E-state index in [0.29, 0.717) is 17.5 Å². The molecule has 12 rings (SSSR count). The molecule has 4 heteroatoms.